The fourth-order valence-electron chi connectivity index (χ4n) is 6.02. The van der Waals surface area contributed by atoms with Crippen LogP contribution in [0.3, 0.4) is 0 Å². The van der Waals surface area contributed by atoms with E-state index in [4.69, 9.17) is 0 Å². The summed E-state index contributed by atoms with van der Waals surface area (Å²) in [5.74, 6) is 0.549. The Labute approximate surface area is 232 Å². The fraction of sp³-hybridized carbons (Fsp3) is 0.514. The number of rotatable bonds is 10. The molecule has 1 nitrogen and oxygen atoms in total. The second kappa shape index (κ2) is 11.7. The summed E-state index contributed by atoms with van der Waals surface area (Å²) < 4.78 is 2.54. The van der Waals surface area contributed by atoms with Crippen LogP contribution in [0.5, 0.6) is 0 Å². The lowest BCUT2D eigenvalue weighted by Gasteiger charge is -2.36. The van der Waals surface area contributed by atoms with E-state index in [0.717, 1.165) is 6.54 Å². The van der Waals surface area contributed by atoms with E-state index in [-0.39, 0.29) is 5.41 Å². The Hall–Kier alpha value is -2.54. The summed E-state index contributed by atoms with van der Waals surface area (Å²) in [7, 11) is 0. The molecule has 0 aliphatic rings. The Morgan fingerprint density at radius 2 is 1.11 bits per heavy atom. The quantitative estimate of drug-likeness (QED) is 0.200. The van der Waals surface area contributed by atoms with Crippen molar-refractivity contribution in [3.63, 3.8) is 0 Å². The fourth-order valence-corrected chi connectivity index (χ4v) is 6.02. The molecule has 1 heteroatoms. The van der Waals surface area contributed by atoms with Gasteiger partial charge in [-0.1, -0.05) is 105 Å². The highest BCUT2D eigenvalue weighted by atomic mass is 15.0. The number of benzene rings is 3. The minimum Gasteiger partial charge on any atom is -0.336 e. The number of aromatic nitrogens is 1. The van der Waals surface area contributed by atoms with Crippen molar-refractivity contribution in [2.75, 3.05) is 0 Å². The first-order chi connectivity index (χ1) is 18.0. The zero-order chi connectivity index (χ0) is 27.5. The van der Waals surface area contributed by atoms with Gasteiger partial charge in [0.2, 0.25) is 0 Å². The second-order valence-electron chi connectivity index (χ2n) is 13.9. The maximum absolute atomic E-state index is 2.54. The topological polar surface area (TPSA) is 4.93 Å². The number of aryl methyl sites for hydroxylation is 2. The van der Waals surface area contributed by atoms with Crippen molar-refractivity contribution >= 4 is 21.8 Å². The molecule has 1 unspecified atom stereocenters. The van der Waals surface area contributed by atoms with Crippen LogP contribution in [0.1, 0.15) is 116 Å². The number of nitrogens with zero attached hydrogens (tertiary/aromatic N) is 1. The highest BCUT2D eigenvalue weighted by Gasteiger charge is 2.30. The SMILES string of the molecule is CCCCc1ccc2c(c1)c1cc(CCCC)ccc1n2Cc1ccc(C(CC(C)(C)C)C(C)(C)C)cc1. The van der Waals surface area contributed by atoms with Crippen LogP contribution in [0.2, 0.25) is 0 Å². The lowest BCUT2D eigenvalue weighted by Crippen LogP contribution is -2.23. The molecule has 3 aromatic carbocycles. The average molecular weight is 510 g/mol. The summed E-state index contributed by atoms with van der Waals surface area (Å²) in [5.41, 5.74) is 9.05. The standard InChI is InChI=1S/C37H51N/c1-9-11-13-27-17-21-34-31(23-27)32-24-28(14-12-10-2)18-22-35(32)38(34)26-29-15-19-30(20-16-29)33(37(6,7)8)25-36(3,4)5/h15-24,33H,9-14,25-26H2,1-8H3. The predicted molar refractivity (Wildman–Crippen MR) is 168 cm³/mol. The summed E-state index contributed by atoms with van der Waals surface area (Å²) in [4.78, 5) is 0. The molecule has 0 bridgehead atoms. The Balaban J connectivity index is 1.72. The van der Waals surface area contributed by atoms with Gasteiger partial charge < -0.3 is 4.57 Å². The van der Waals surface area contributed by atoms with Crippen molar-refractivity contribution in [3.05, 3.63) is 82.9 Å². The summed E-state index contributed by atoms with van der Waals surface area (Å²) in [6.45, 7) is 19.7. The molecule has 4 rings (SSSR count). The number of fused-ring (bicyclic) bond motifs is 3. The normalized spacial score (nSPS) is 13.5. The smallest absolute Gasteiger partial charge is 0.0494 e. The Morgan fingerprint density at radius 1 is 0.632 bits per heavy atom. The molecule has 0 saturated heterocycles. The van der Waals surface area contributed by atoms with Gasteiger partial charge in [-0.05, 0) is 95.4 Å². The van der Waals surface area contributed by atoms with E-state index >= 15 is 0 Å². The van der Waals surface area contributed by atoms with Gasteiger partial charge in [0.1, 0.15) is 0 Å². The van der Waals surface area contributed by atoms with E-state index in [9.17, 15) is 0 Å². The third-order valence-corrected chi connectivity index (χ3v) is 8.22. The second-order valence-corrected chi connectivity index (χ2v) is 13.9. The van der Waals surface area contributed by atoms with Crippen molar-refractivity contribution < 1.29 is 0 Å². The molecule has 38 heavy (non-hydrogen) atoms. The molecule has 0 N–H and O–H groups in total. The van der Waals surface area contributed by atoms with Crippen LogP contribution < -0.4 is 0 Å². The number of unbranched alkanes of at least 4 members (excludes halogenated alkanes) is 2. The first-order valence-corrected chi connectivity index (χ1v) is 15.1. The zero-order valence-electron chi connectivity index (χ0n) is 25.5. The average Bonchev–Trinajstić information content (AvgIpc) is 3.16. The molecule has 0 saturated carbocycles. The van der Waals surface area contributed by atoms with Gasteiger partial charge in [0, 0.05) is 28.4 Å². The van der Waals surface area contributed by atoms with Crippen molar-refractivity contribution in [2.24, 2.45) is 10.8 Å². The highest BCUT2D eigenvalue weighted by Crippen LogP contribution is 2.43. The van der Waals surface area contributed by atoms with Gasteiger partial charge >= 0.3 is 0 Å². The monoisotopic (exact) mass is 509 g/mol. The zero-order valence-corrected chi connectivity index (χ0v) is 25.5. The number of hydrogen-bond acceptors (Lipinski definition) is 0. The largest absolute Gasteiger partial charge is 0.336 e. The van der Waals surface area contributed by atoms with E-state index in [1.165, 1.54) is 89.0 Å². The van der Waals surface area contributed by atoms with Gasteiger partial charge in [-0.25, -0.2) is 0 Å². The molecular formula is C37H51N. The summed E-state index contributed by atoms with van der Waals surface area (Å²) in [6.07, 6.45) is 8.51. The summed E-state index contributed by atoms with van der Waals surface area (Å²) >= 11 is 0. The van der Waals surface area contributed by atoms with Gasteiger partial charge in [-0.2, -0.15) is 0 Å². The van der Waals surface area contributed by atoms with Crippen LogP contribution in [-0.4, -0.2) is 4.57 Å². The lowest BCUT2D eigenvalue weighted by atomic mass is 9.69. The van der Waals surface area contributed by atoms with Crippen LogP contribution in [-0.2, 0) is 19.4 Å². The van der Waals surface area contributed by atoms with E-state index in [1.807, 2.05) is 0 Å². The van der Waals surface area contributed by atoms with Gasteiger partial charge in [0.25, 0.3) is 0 Å². The van der Waals surface area contributed by atoms with Gasteiger partial charge in [-0.15, -0.1) is 0 Å². The summed E-state index contributed by atoms with van der Waals surface area (Å²) in [5, 5.41) is 2.84. The highest BCUT2D eigenvalue weighted by molar-refractivity contribution is 6.08. The summed E-state index contributed by atoms with van der Waals surface area (Å²) in [6, 6.07) is 23.9. The molecule has 1 atom stereocenters. The van der Waals surface area contributed by atoms with Crippen molar-refractivity contribution in [3.8, 4) is 0 Å². The molecule has 0 radical (unpaired) electrons. The molecule has 0 spiro atoms. The van der Waals surface area contributed by atoms with Gasteiger partial charge in [0.05, 0.1) is 0 Å². The molecule has 0 aliphatic carbocycles. The first-order valence-electron chi connectivity index (χ1n) is 15.1. The minimum absolute atomic E-state index is 0.243. The third-order valence-electron chi connectivity index (χ3n) is 8.22. The van der Waals surface area contributed by atoms with Crippen LogP contribution in [0.25, 0.3) is 21.8 Å². The van der Waals surface area contributed by atoms with Crippen LogP contribution in [0.15, 0.2) is 60.7 Å². The van der Waals surface area contributed by atoms with Crippen LogP contribution >= 0.6 is 0 Å². The van der Waals surface area contributed by atoms with Crippen LogP contribution in [0.4, 0.5) is 0 Å². The third kappa shape index (κ3) is 6.71. The van der Waals surface area contributed by atoms with E-state index in [1.54, 1.807) is 0 Å². The van der Waals surface area contributed by atoms with Crippen molar-refractivity contribution in [2.45, 2.75) is 113 Å². The molecule has 4 aromatic rings. The van der Waals surface area contributed by atoms with Gasteiger partial charge in [0.15, 0.2) is 0 Å². The molecule has 0 fully saturated rings. The Kier molecular flexibility index (Phi) is 8.75. The molecule has 1 aromatic heterocycles. The maximum atomic E-state index is 2.54. The Morgan fingerprint density at radius 3 is 1.53 bits per heavy atom. The Bertz CT molecular complexity index is 1270. The number of hydrogen-bond donors (Lipinski definition) is 0. The van der Waals surface area contributed by atoms with Crippen LogP contribution in [0, 0.1) is 10.8 Å². The molecule has 0 aliphatic heterocycles. The van der Waals surface area contributed by atoms with E-state index in [2.05, 4.69) is 121 Å². The molecule has 1 heterocycles. The van der Waals surface area contributed by atoms with Gasteiger partial charge in [-0.3, -0.25) is 0 Å². The van der Waals surface area contributed by atoms with E-state index < -0.39 is 0 Å². The maximum Gasteiger partial charge on any atom is 0.0494 e. The molecule has 0 amide bonds. The van der Waals surface area contributed by atoms with Crippen molar-refractivity contribution in [1.29, 1.82) is 0 Å². The molecule has 204 valence electrons. The lowest BCUT2D eigenvalue weighted by molar-refractivity contribution is 0.229. The van der Waals surface area contributed by atoms with Crippen molar-refractivity contribution in [1.82, 2.24) is 4.57 Å². The predicted octanol–water partition coefficient (Wildman–Crippen LogP) is 11.1. The molecular weight excluding hydrogens is 458 g/mol. The van der Waals surface area contributed by atoms with E-state index in [0.29, 0.717) is 11.3 Å². The minimum atomic E-state index is 0.243. The first kappa shape index (κ1) is 28.5.